The van der Waals surface area contributed by atoms with Gasteiger partial charge in [-0.25, -0.2) is 8.42 Å². The molecule has 0 saturated heterocycles. The van der Waals surface area contributed by atoms with Crippen LogP contribution in [0.3, 0.4) is 0 Å². The Kier molecular flexibility index (Phi) is 7.86. The lowest BCUT2D eigenvalue weighted by molar-refractivity contribution is -0.121. The van der Waals surface area contributed by atoms with Gasteiger partial charge in [-0.05, 0) is 48.7 Å². The number of benzene rings is 2. The van der Waals surface area contributed by atoms with Crippen molar-refractivity contribution in [1.29, 1.82) is 0 Å². The molecule has 0 aliphatic heterocycles. The van der Waals surface area contributed by atoms with Crippen molar-refractivity contribution in [2.24, 2.45) is 0 Å². The summed E-state index contributed by atoms with van der Waals surface area (Å²) in [6.07, 6.45) is 1.07. The fraction of sp³-hybridized carbons (Fsp3) is 0.350. The van der Waals surface area contributed by atoms with Gasteiger partial charge in [0.15, 0.2) is 0 Å². The molecule has 152 valence electrons. The second kappa shape index (κ2) is 9.91. The number of hydrogen-bond acceptors (Lipinski definition) is 4. The standard InChI is InChI=1S/C20H25ClN2O4S/c1-15-10-16(2)12-18(11-15)27-9-8-22-20(24)14-23(28(3,25)26)13-17-6-4-5-7-19(17)21/h4-7,10-12H,8-9,13-14H2,1-3H3,(H,22,24). The zero-order chi connectivity index (χ0) is 20.7. The molecule has 0 unspecified atom stereocenters. The SMILES string of the molecule is Cc1cc(C)cc(OCCNC(=O)CN(Cc2ccccc2Cl)S(C)(=O)=O)c1. The van der Waals surface area contributed by atoms with Gasteiger partial charge in [0.1, 0.15) is 12.4 Å². The lowest BCUT2D eigenvalue weighted by atomic mass is 10.1. The molecule has 0 fully saturated rings. The van der Waals surface area contributed by atoms with Crippen LogP contribution in [-0.2, 0) is 21.4 Å². The number of aryl methyl sites for hydroxylation is 2. The molecular weight excluding hydrogens is 400 g/mol. The molecule has 0 bridgehead atoms. The van der Waals surface area contributed by atoms with Crippen molar-refractivity contribution < 1.29 is 17.9 Å². The third-order valence-electron chi connectivity index (χ3n) is 3.98. The maximum Gasteiger partial charge on any atom is 0.235 e. The molecule has 0 aliphatic rings. The summed E-state index contributed by atoms with van der Waals surface area (Å²) in [4.78, 5) is 12.2. The highest BCUT2D eigenvalue weighted by molar-refractivity contribution is 7.88. The van der Waals surface area contributed by atoms with Crippen LogP contribution in [0, 0.1) is 13.8 Å². The van der Waals surface area contributed by atoms with Gasteiger partial charge in [-0.15, -0.1) is 0 Å². The molecule has 6 nitrogen and oxygen atoms in total. The van der Waals surface area contributed by atoms with Gasteiger partial charge in [-0.3, -0.25) is 4.79 Å². The molecule has 0 heterocycles. The number of carbonyl (C=O) groups excluding carboxylic acids is 1. The van der Waals surface area contributed by atoms with Crippen LogP contribution in [0.2, 0.25) is 5.02 Å². The zero-order valence-electron chi connectivity index (χ0n) is 16.2. The fourth-order valence-electron chi connectivity index (χ4n) is 2.70. The number of sulfonamides is 1. The third kappa shape index (κ3) is 7.14. The lowest BCUT2D eigenvalue weighted by Gasteiger charge is -2.20. The van der Waals surface area contributed by atoms with Crippen LogP contribution < -0.4 is 10.1 Å². The number of rotatable bonds is 9. The van der Waals surface area contributed by atoms with E-state index in [-0.39, 0.29) is 26.2 Å². The number of ether oxygens (including phenoxy) is 1. The first-order chi connectivity index (χ1) is 13.1. The molecule has 2 rings (SSSR count). The van der Waals surface area contributed by atoms with Gasteiger partial charge in [0.05, 0.1) is 19.3 Å². The van der Waals surface area contributed by atoms with E-state index in [2.05, 4.69) is 5.32 Å². The molecule has 0 aliphatic carbocycles. The quantitative estimate of drug-likeness (QED) is 0.628. The Bertz CT molecular complexity index is 911. The monoisotopic (exact) mass is 424 g/mol. The van der Waals surface area contributed by atoms with Gasteiger partial charge in [0.2, 0.25) is 15.9 Å². The molecule has 28 heavy (non-hydrogen) atoms. The smallest absolute Gasteiger partial charge is 0.235 e. The highest BCUT2D eigenvalue weighted by Gasteiger charge is 2.21. The predicted octanol–water partition coefficient (Wildman–Crippen LogP) is 2.91. The second-order valence-electron chi connectivity index (χ2n) is 6.64. The van der Waals surface area contributed by atoms with Crippen molar-refractivity contribution in [2.75, 3.05) is 26.0 Å². The van der Waals surface area contributed by atoms with Crippen molar-refractivity contribution in [2.45, 2.75) is 20.4 Å². The van der Waals surface area contributed by atoms with Gasteiger partial charge in [0.25, 0.3) is 0 Å². The van der Waals surface area contributed by atoms with Crippen LogP contribution >= 0.6 is 11.6 Å². The van der Waals surface area contributed by atoms with E-state index in [9.17, 15) is 13.2 Å². The van der Waals surface area contributed by atoms with Crippen molar-refractivity contribution in [3.05, 3.63) is 64.2 Å². The minimum Gasteiger partial charge on any atom is -0.492 e. The van der Waals surface area contributed by atoms with Crippen molar-refractivity contribution in [1.82, 2.24) is 9.62 Å². The Hall–Kier alpha value is -2.09. The predicted molar refractivity (Wildman–Crippen MR) is 111 cm³/mol. The Balaban J connectivity index is 1.87. The second-order valence-corrected chi connectivity index (χ2v) is 9.03. The molecule has 0 atom stereocenters. The van der Waals surface area contributed by atoms with E-state index >= 15 is 0 Å². The average molecular weight is 425 g/mol. The molecule has 0 saturated carbocycles. The Morgan fingerprint density at radius 3 is 2.39 bits per heavy atom. The van der Waals surface area contributed by atoms with Gasteiger partial charge in [0, 0.05) is 11.6 Å². The number of hydrogen-bond donors (Lipinski definition) is 1. The first kappa shape index (κ1) is 22.2. The van der Waals surface area contributed by atoms with Crippen molar-refractivity contribution in [3.63, 3.8) is 0 Å². The largest absolute Gasteiger partial charge is 0.492 e. The highest BCUT2D eigenvalue weighted by Crippen LogP contribution is 2.18. The maximum atomic E-state index is 12.2. The van der Waals surface area contributed by atoms with Crippen LogP contribution in [0.15, 0.2) is 42.5 Å². The van der Waals surface area contributed by atoms with Gasteiger partial charge >= 0.3 is 0 Å². The summed E-state index contributed by atoms with van der Waals surface area (Å²) >= 11 is 6.10. The molecule has 0 radical (unpaired) electrons. The number of nitrogens with one attached hydrogen (secondary N) is 1. The van der Waals surface area contributed by atoms with Crippen LogP contribution in [0.25, 0.3) is 0 Å². The van der Waals surface area contributed by atoms with Crippen LogP contribution in [-0.4, -0.2) is 44.6 Å². The summed E-state index contributed by atoms with van der Waals surface area (Å²) in [6, 6.07) is 12.8. The minimum absolute atomic E-state index is 0.0327. The minimum atomic E-state index is -3.58. The molecule has 2 aromatic carbocycles. The number of amides is 1. The molecular formula is C20H25ClN2O4S. The number of halogens is 1. The van der Waals surface area contributed by atoms with E-state index < -0.39 is 15.9 Å². The molecule has 8 heteroatoms. The van der Waals surface area contributed by atoms with Crippen molar-refractivity contribution in [3.8, 4) is 5.75 Å². The highest BCUT2D eigenvalue weighted by atomic mass is 35.5. The first-order valence-electron chi connectivity index (χ1n) is 8.81. The number of carbonyl (C=O) groups is 1. The Labute approximate surface area is 171 Å². The molecule has 1 N–H and O–H groups in total. The summed E-state index contributed by atoms with van der Waals surface area (Å²) in [5.74, 6) is 0.338. The molecule has 2 aromatic rings. The van der Waals surface area contributed by atoms with Crippen LogP contribution in [0.4, 0.5) is 0 Å². The normalized spacial score (nSPS) is 11.5. The summed E-state index contributed by atoms with van der Waals surface area (Å²) < 4.78 is 30.8. The van der Waals surface area contributed by atoms with Crippen LogP contribution in [0.5, 0.6) is 5.75 Å². The van der Waals surface area contributed by atoms with E-state index in [0.29, 0.717) is 10.6 Å². The van der Waals surface area contributed by atoms with Gasteiger partial charge < -0.3 is 10.1 Å². The van der Waals surface area contributed by atoms with E-state index in [4.69, 9.17) is 16.3 Å². The molecule has 1 amide bonds. The number of nitrogens with zero attached hydrogens (tertiary/aromatic N) is 1. The average Bonchev–Trinajstić information content (AvgIpc) is 2.58. The third-order valence-corrected chi connectivity index (χ3v) is 5.55. The lowest BCUT2D eigenvalue weighted by Crippen LogP contribution is -2.41. The summed E-state index contributed by atoms with van der Waals surface area (Å²) in [5.41, 5.74) is 2.84. The van der Waals surface area contributed by atoms with E-state index in [1.54, 1.807) is 24.3 Å². The van der Waals surface area contributed by atoms with Crippen LogP contribution in [0.1, 0.15) is 16.7 Å². The maximum absolute atomic E-state index is 12.2. The zero-order valence-corrected chi connectivity index (χ0v) is 17.8. The van der Waals surface area contributed by atoms with Gasteiger partial charge in [-0.2, -0.15) is 4.31 Å². The summed E-state index contributed by atoms with van der Waals surface area (Å²) in [6.45, 7) is 4.28. The van der Waals surface area contributed by atoms with Crippen molar-refractivity contribution >= 4 is 27.5 Å². The van der Waals surface area contributed by atoms with E-state index in [1.807, 2.05) is 32.0 Å². The Morgan fingerprint density at radius 2 is 1.79 bits per heavy atom. The Morgan fingerprint density at radius 1 is 1.14 bits per heavy atom. The fourth-order valence-corrected chi connectivity index (χ4v) is 3.62. The first-order valence-corrected chi connectivity index (χ1v) is 11.0. The topological polar surface area (TPSA) is 75.7 Å². The summed E-state index contributed by atoms with van der Waals surface area (Å²) in [5, 5.41) is 3.14. The van der Waals surface area contributed by atoms with Gasteiger partial charge in [-0.1, -0.05) is 35.9 Å². The molecule has 0 aromatic heterocycles. The summed E-state index contributed by atoms with van der Waals surface area (Å²) in [7, 11) is -3.58. The van der Waals surface area contributed by atoms with E-state index in [0.717, 1.165) is 27.4 Å². The van der Waals surface area contributed by atoms with E-state index in [1.165, 1.54) is 0 Å². The molecule has 0 spiro atoms.